The largest absolute Gasteiger partial charge is 0.348 e. The fourth-order valence-electron chi connectivity index (χ4n) is 2.59. The highest BCUT2D eigenvalue weighted by molar-refractivity contribution is 6.30. The van der Waals surface area contributed by atoms with Crippen LogP contribution < -0.4 is 5.32 Å². The van der Waals surface area contributed by atoms with E-state index < -0.39 is 0 Å². The van der Waals surface area contributed by atoms with Crippen LogP contribution in [0.4, 0.5) is 0 Å². The standard InChI is InChI=1S/C15H17ClN4O/c16-11-6-8-13(9-7-11)20-10-14(18-19-20)15(21)17-12-4-2-1-3-5-12/h6-10,12H,1-5H2,(H,17,21). The summed E-state index contributed by atoms with van der Waals surface area (Å²) >= 11 is 5.85. The van der Waals surface area contributed by atoms with Crippen LogP contribution in [0.1, 0.15) is 42.6 Å². The highest BCUT2D eigenvalue weighted by Gasteiger charge is 2.18. The van der Waals surface area contributed by atoms with Gasteiger partial charge in [0.15, 0.2) is 5.69 Å². The summed E-state index contributed by atoms with van der Waals surface area (Å²) in [6.45, 7) is 0. The average Bonchev–Trinajstić information content (AvgIpc) is 2.99. The minimum absolute atomic E-state index is 0.151. The second-order valence-electron chi connectivity index (χ2n) is 5.33. The summed E-state index contributed by atoms with van der Waals surface area (Å²) in [6.07, 6.45) is 7.37. The topological polar surface area (TPSA) is 59.8 Å². The molecule has 0 unspecified atom stereocenters. The Morgan fingerprint density at radius 1 is 1.19 bits per heavy atom. The van der Waals surface area contributed by atoms with Crippen LogP contribution in [-0.4, -0.2) is 26.9 Å². The molecular weight excluding hydrogens is 288 g/mol. The second-order valence-corrected chi connectivity index (χ2v) is 5.77. The van der Waals surface area contributed by atoms with E-state index in [1.165, 1.54) is 19.3 Å². The van der Waals surface area contributed by atoms with E-state index in [0.717, 1.165) is 18.5 Å². The number of aromatic nitrogens is 3. The van der Waals surface area contributed by atoms with Gasteiger partial charge in [-0.25, -0.2) is 4.68 Å². The van der Waals surface area contributed by atoms with E-state index >= 15 is 0 Å². The molecule has 110 valence electrons. The van der Waals surface area contributed by atoms with E-state index in [-0.39, 0.29) is 11.9 Å². The highest BCUT2D eigenvalue weighted by Crippen LogP contribution is 2.18. The van der Waals surface area contributed by atoms with Crippen molar-refractivity contribution in [2.45, 2.75) is 38.1 Å². The third-order valence-corrected chi connectivity index (χ3v) is 4.01. The highest BCUT2D eigenvalue weighted by atomic mass is 35.5. The lowest BCUT2D eigenvalue weighted by Gasteiger charge is -2.22. The summed E-state index contributed by atoms with van der Waals surface area (Å²) in [6, 6.07) is 7.49. The molecular formula is C15H17ClN4O. The van der Waals surface area contributed by atoms with Crippen molar-refractivity contribution in [3.8, 4) is 5.69 Å². The minimum atomic E-state index is -0.151. The zero-order chi connectivity index (χ0) is 14.7. The van der Waals surface area contributed by atoms with Gasteiger partial charge in [-0.1, -0.05) is 36.1 Å². The molecule has 1 saturated carbocycles. The van der Waals surface area contributed by atoms with Crippen molar-refractivity contribution in [1.29, 1.82) is 0 Å². The molecule has 1 fully saturated rings. The Hall–Kier alpha value is -1.88. The minimum Gasteiger partial charge on any atom is -0.348 e. The van der Waals surface area contributed by atoms with E-state index in [2.05, 4.69) is 15.6 Å². The van der Waals surface area contributed by atoms with Gasteiger partial charge in [-0.05, 0) is 37.1 Å². The predicted molar refractivity (Wildman–Crippen MR) is 80.7 cm³/mol. The van der Waals surface area contributed by atoms with E-state index in [9.17, 15) is 4.79 Å². The van der Waals surface area contributed by atoms with Crippen LogP contribution in [0, 0.1) is 0 Å². The van der Waals surface area contributed by atoms with Crippen molar-refractivity contribution in [3.05, 3.63) is 41.2 Å². The molecule has 0 aliphatic heterocycles. The van der Waals surface area contributed by atoms with Crippen LogP contribution in [0.2, 0.25) is 5.02 Å². The van der Waals surface area contributed by atoms with Crippen LogP contribution in [0.3, 0.4) is 0 Å². The first kappa shape index (κ1) is 14.1. The SMILES string of the molecule is O=C(NC1CCCCC1)c1cn(-c2ccc(Cl)cc2)nn1. The molecule has 5 nitrogen and oxygen atoms in total. The lowest BCUT2D eigenvalue weighted by Crippen LogP contribution is -2.36. The first-order valence-corrected chi connectivity index (χ1v) is 7.59. The van der Waals surface area contributed by atoms with Crippen LogP contribution in [0.5, 0.6) is 0 Å². The Bertz CT molecular complexity index is 617. The van der Waals surface area contributed by atoms with Gasteiger partial charge in [0, 0.05) is 11.1 Å². The maximum absolute atomic E-state index is 12.2. The monoisotopic (exact) mass is 304 g/mol. The Labute approximate surface area is 128 Å². The van der Waals surface area contributed by atoms with Gasteiger partial charge < -0.3 is 5.32 Å². The van der Waals surface area contributed by atoms with Crippen molar-refractivity contribution in [1.82, 2.24) is 20.3 Å². The Balaban J connectivity index is 1.69. The fourth-order valence-corrected chi connectivity index (χ4v) is 2.72. The number of halogens is 1. The van der Waals surface area contributed by atoms with Crippen molar-refractivity contribution < 1.29 is 4.79 Å². The van der Waals surface area contributed by atoms with Crippen LogP contribution in [0.15, 0.2) is 30.5 Å². The Morgan fingerprint density at radius 3 is 2.62 bits per heavy atom. The zero-order valence-electron chi connectivity index (χ0n) is 11.6. The normalized spacial score (nSPS) is 15.9. The van der Waals surface area contributed by atoms with Crippen molar-refractivity contribution >= 4 is 17.5 Å². The maximum Gasteiger partial charge on any atom is 0.273 e. The lowest BCUT2D eigenvalue weighted by molar-refractivity contribution is 0.0922. The van der Waals surface area contributed by atoms with Crippen molar-refractivity contribution in [2.24, 2.45) is 0 Å². The quantitative estimate of drug-likeness (QED) is 0.948. The third-order valence-electron chi connectivity index (χ3n) is 3.76. The van der Waals surface area contributed by atoms with Crippen molar-refractivity contribution in [2.75, 3.05) is 0 Å². The number of hydrogen-bond donors (Lipinski definition) is 1. The molecule has 2 aromatic rings. The van der Waals surface area contributed by atoms with Crippen LogP contribution in [-0.2, 0) is 0 Å². The molecule has 1 aromatic carbocycles. The molecule has 1 aliphatic rings. The predicted octanol–water partition coefficient (Wildman–Crippen LogP) is 2.98. The summed E-state index contributed by atoms with van der Waals surface area (Å²) < 4.78 is 1.58. The van der Waals surface area contributed by atoms with E-state index in [1.807, 2.05) is 12.1 Å². The van der Waals surface area contributed by atoms with Gasteiger partial charge in [-0.3, -0.25) is 4.79 Å². The lowest BCUT2D eigenvalue weighted by atomic mass is 9.95. The molecule has 1 heterocycles. The molecule has 1 aliphatic carbocycles. The van der Waals surface area contributed by atoms with Gasteiger partial charge in [-0.2, -0.15) is 0 Å². The molecule has 0 bridgehead atoms. The molecule has 0 spiro atoms. The Kier molecular flexibility index (Phi) is 4.20. The number of carbonyl (C=O) groups excluding carboxylic acids is 1. The van der Waals surface area contributed by atoms with Crippen molar-refractivity contribution in [3.63, 3.8) is 0 Å². The number of nitrogens with one attached hydrogen (secondary N) is 1. The summed E-state index contributed by atoms with van der Waals surface area (Å²) in [7, 11) is 0. The number of rotatable bonds is 3. The van der Waals surface area contributed by atoms with E-state index in [4.69, 9.17) is 11.6 Å². The van der Waals surface area contributed by atoms with Gasteiger partial charge >= 0.3 is 0 Å². The van der Waals surface area contributed by atoms with Gasteiger partial charge in [-0.15, -0.1) is 5.10 Å². The number of nitrogens with zero attached hydrogens (tertiary/aromatic N) is 3. The second kappa shape index (κ2) is 6.26. The molecule has 0 radical (unpaired) electrons. The summed E-state index contributed by atoms with van der Waals surface area (Å²) in [5, 5.41) is 11.6. The first-order chi connectivity index (χ1) is 10.2. The third kappa shape index (κ3) is 3.42. The molecule has 21 heavy (non-hydrogen) atoms. The smallest absolute Gasteiger partial charge is 0.273 e. The Morgan fingerprint density at radius 2 is 1.90 bits per heavy atom. The van der Waals surface area contributed by atoms with Gasteiger partial charge in [0.05, 0.1) is 11.9 Å². The first-order valence-electron chi connectivity index (χ1n) is 7.21. The molecule has 3 rings (SSSR count). The molecule has 6 heteroatoms. The molecule has 0 atom stereocenters. The van der Waals surface area contributed by atoms with E-state index in [1.54, 1.807) is 23.0 Å². The zero-order valence-corrected chi connectivity index (χ0v) is 12.4. The molecule has 1 amide bonds. The number of carbonyl (C=O) groups is 1. The summed E-state index contributed by atoms with van der Waals surface area (Å²) in [4.78, 5) is 12.2. The molecule has 1 aromatic heterocycles. The van der Waals surface area contributed by atoms with Gasteiger partial charge in [0.25, 0.3) is 5.91 Å². The maximum atomic E-state index is 12.2. The van der Waals surface area contributed by atoms with Crippen LogP contribution in [0.25, 0.3) is 5.69 Å². The summed E-state index contributed by atoms with van der Waals surface area (Å²) in [5.41, 5.74) is 1.17. The van der Waals surface area contributed by atoms with Crippen LogP contribution >= 0.6 is 11.6 Å². The van der Waals surface area contributed by atoms with E-state index in [0.29, 0.717) is 10.7 Å². The van der Waals surface area contributed by atoms with Gasteiger partial charge in [0.1, 0.15) is 0 Å². The fraction of sp³-hybridized carbons (Fsp3) is 0.400. The molecule has 1 N–H and O–H groups in total. The summed E-state index contributed by atoms with van der Waals surface area (Å²) in [5.74, 6) is -0.151. The number of amides is 1. The number of hydrogen-bond acceptors (Lipinski definition) is 3. The molecule has 0 saturated heterocycles. The van der Waals surface area contributed by atoms with Gasteiger partial charge in [0.2, 0.25) is 0 Å². The number of benzene rings is 1. The average molecular weight is 305 g/mol.